The fourth-order valence-electron chi connectivity index (χ4n) is 4.34. The van der Waals surface area contributed by atoms with Crippen molar-refractivity contribution in [2.45, 2.75) is 38.1 Å². The molecule has 0 spiro atoms. The summed E-state index contributed by atoms with van der Waals surface area (Å²) < 4.78 is 29.4. The fourth-order valence-corrected chi connectivity index (χ4v) is 4.54. The zero-order valence-electron chi connectivity index (χ0n) is 11.7. The predicted octanol–water partition coefficient (Wildman–Crippen LogP) is 4.49. The fraction of sp³-hybridized carbons (Fsp3) is 0.562. The summed E-state index contributed by atoms with van der Waals surface area (Å²) in [6.07, 6.45) is 5.18. The summed E-state index contributed by atoms with van der Waals surface area (Å²) in [6, 6.07) is 2.25. The minimum atomic E-state index is -0.608. The molecule has 2 aliphatic carbocycles. The van der Waals surface area contributed by atoms with Crippen LogP contribution in [0.25, 0.3) is 11.0 Å². The van der Waals surface area contributed by atoms with Gasteiger partial charge >= 0.3 is 0 Å². The third kappa shape index (κ3) is 2.15. The highest BCUT2D eigenvalue weighted by Gasteiger charge is 2.39. The van der Waals surface area contributed by atoms with E-state index in [2.05, 4.69) is 4.98 Å². The van der Waals surface area contributed by atoms with Crippen LogP contribution in [0, 0.1) is 29.4 Å². The molecule has 0 N–H and O–H groups in total. The van der Waals surface area contributed by atoms with E-state index in [1.54, 1.807) is 0 Å². The molecule has 0 radical (unpaired) electrons. The second-order valence-electron chi connectivity index (χ2n) is 6.46. The Morgan fingerprint density at radius 2 is 2.10 bits per heavy atom. The Morgan fingerprint density at radius 1 is 1.24 bits per heavy atom. The van der Waals surface area contributed by atoms with Gasteiger partial charge in [-0.2, -0.15) is 0 Å². The highest BCUT2D eigenvalue weighted by atomic mass is 35.5. The number of aromatic nitrogens is 2. The van der Waals surface area contributed by atoms with Gasteiger partial charge in [0.2, 0.25) is 0 Å². The zero-order chi connectivity index (χ0) is 14.6. The van der Waals surface area contributed by atoms with Crippen molar-refractivity contribution < 1.29 is 8.78 Å². The normalized spacial score (nSPS) is 27.9. The SMILES string of the molecule is Fc1cc(F)c2nc(CCl)n(CC3CC4CCC3C4)c2c1. The Labute approximate surface area is 127 Å². The van der Waals surface area contributed by atoms with Crippen LogP contribution in [0.5, 0.6) is 0 Å². The summed E-state index contributed by atoms with van der Waals surface area (Å²) >= 11 is 5.96. The van der Waals surface area contributed by atoms with Crippen LogP contribution in [0.3, 0.4) is 0 Å². The Morgan fingerprint density at radius 3 is 2.76 bits per heavy atom. The number of fused-ring (bicyclic) bond motifs is 3. The largest absolute Gasteiger partial charge is 0.327 e. The standard InChI is InChI=1S/C16H17ClF2N2/c17-7-15-20-16-13(19)5-12(18)6-14(16)21(15)8-11-4-9-1-2-10(11)3-9/h5-6,9-11H,1-4,7-8H2. The summed E-state index contributed by atoms with van der Waals surface area (Å²) in [5.41, 5.74) is 0.765. The van der Waals surface area contributed by atoms with Gasteiger partial charge in [0, 0.05) is 12.6 Å². The predicted molar refractivity (Wildman–Crippen MR) is 78.1 cm³/mol. The molecule has 1 heterocycles. The molecule has 3 atom stereocenters. The molecule has 112 valence electrons. The molecule has 2 aliphatic rings. The van der Waals surface area contributed by atoms with Gasteiger partial charge in [0.1, 0.15) is 17.2 Å². The van der Waals surface area contributed by atoms with Crippen molar-refractivity contribution in [3.63, 3.8) is 0 Å². The van der Waals surface area contributed by atoms with Crippen LogP contribution in [-0.4, -0.2) is 9.55 Å². The number of alkyl halides is 1. The first-order valence-electron chi connectivity index (χ1n) is 7.56. The average molecular weight is 311 g/mol. The first-order valence-corrected chi connectivity index (χ1v) is 8.09. The molecule has 2 fully saturated rings. The molecule has 2 nitrogen and oxygen atoms in total. The van der Waals surface area contributed by atoms with Gasteiger partial charge in [-0.1, -0.05) is 6.42 Å². The monoisotopic (exact) mass is 310 g/mol. The molecule has 1 aromatic carbocycles. The molecule has 2 bridgehead atoms. The zero-order valence-corrected chi connectivity index (χ0v) is 12.4. The molecule has 4 rings (SSSR count). The van der Waals surface area contributed by atoms with E-state index < -0.39 is 11.6 Å². The van der Waals surface area contributed by atoms with Crippen molar-refractivity contribution >= 4 is 22.6 Å². The molecular formula is C16H17ClF2N2. The molecule has 2 saturated carbocycles. The molecule has 0 amide bonds. The number of hydrogen-bond donors (Lipinski definition) is 0. The molecule has 5 heteroatoms. The van der Waals surface area contributed by atoms with Crippen molar-refractivity contribution in [3.8, 4) is 0 Å². The maximum atomic E-state index is 13.9. The van der Waals surface area contributed by atoms with Crippen LogP contribution in [0.15, 0.2) is 12.1 Å². The van der Waals surface area contributed by atoms with Crippen molar-refractivity contribution in [1.82, 2.24) is 9.55 Å². The van der Waals surface area contributed by atoms with Crippen molar-refractivity contribution in [2.24, 2.45) is 17.8 Å². The van der Waals surface area contributed by atoms with Crippen molar-refractivity contribution in [2.75, 3.05) is 0 Å². The van der Waals surface area contributed by atoms with E-state index in [-0.39, 0.29) is 11.4 Å². The molecule has 1 aromatic heterocycles. The number of rotatable bonds is 3. The van der Waals surface area contributed by atoms with Gasteiger partial charge < -0.3 is 4.57 Å². The first-order chi connectivity index (χ1) is 10.2. The lowest BCUT2D eigenvalue weighted by atomic mass is 9.89. The summed E-state index contributed by atoms with van der Waals surface area (Å²) in [5, 5.41) is 0. The van der Waals surface area contributed by atoms with Crippen LogP contribution in [-0.2, 0) is 12.4 Å². The van der Waals surface area contributed by atoms with E-state index in [1.807, 2.05) is 4.57 Å². The quantitative estimate of drug-likeness (QED) is 0.764. The smallest absolute Gasteiger partial charge is 0.153 e. The summed E-state index contributed by atoms with van der Waals surface area (Å²) in [5.74, 6) is 1.89. The van der Waals surface area contributed by atoms with Crippen LogP contribution in [0.2, 0.25) is 0 Å². The second-order valence-corrected chi connectivity index (χ2v) is 6.73. The molecule has 21 heavy (non-hydrogen) atoms. The minimum absolute atomic E-state index is 0.219. The Hall–Kier alpha value is -1.16. The molecule has 0 aliphatic heterocycles. The van der Waals surface area contributed by atoms with Crippen LogP contribution < -0.4 is 0 Å². The van der Waals surface area contributed by atoms with E-state index in [0.29, 0.717) is 17.3 Å². The molecular weight excluding hydrogens is 294 g/mol. The molecule has 3 unspecified atom stereocenters. The Kier molecular flexibility index (Phi) is 3.18. The van der Waals surface area contributed by atoms with E-state index in [9.17, 15) is 8.78 Å². The van der Waals surface area contributed by atoms with Crippen molar-refractivity contribution in [3.05, 3.63) is 29.6 Å². The van der Waals surface area contributed by atoms with Gasteiger partial charge in [-0.15, -0.1) is 11.6 Å². The lowest BCUT2D eigenvalue weighted by Gasteiger charge is -2.23. The minimum Gasteiger partial charge on any atom is -0.327 e. The number of hydrogen-bond acceptors (Lipinski definition) is 1. The van der Waals surface area contributed by atoms with Gasteiger partial charge in [0.25, 0.3) is 0 Å². The van der Waals surface area contributed by atoms with Crippen LogP contribution >= 0.6 is 11.6 Å². The van der Waals surface area contributed by atoms with Crippen molar-refractivity contribution in [1.29, 1.82) is 0 Å². The van der Waals surface area contributed by atoms with Gasteiger partial charge in [-0.3, -0.25) is 0 Å². The van der Waals surface area contributed by atoms with Gasteiger partial charge in [0.05, 0.1) is 11.4 Å². The van der Waals surface area contributed by atoms with E-state index in [0.717, 1.165) is 24.4 Å². The Bertz CT molecular complexity index is 697. The highest BCUT2D eigenvalue weighted by molar-refractivity contribution is 6.16. The summed E-state index contributed by atoms with van der Waals surface area (Å²) in [7, 11) is 0. The van der Waals surface area contributed by atoms with Crippen LogP contribution in [0.4, 0.5) is 8.78 Å². The maximum absolute atomic E-state index is 13.9. The number of nitrogens with zero attached hydrogens (tertiary/aromatic N) is 2. The summed E-state index contributed by atoms with van der Waals surface area (Å²) in [4.78, 5) is 4.27. The molecule has 2 aromatic rings. The third-order valence-corrected chi connectivity index (χ3v) is 5.51. The third-order valence-electron chi connectivity index (χ3n) is 5.27. The average Bonchev–Trinajstić information content (AvgIpc) is 3.14. The van der Waals surface area contributed by atoms with E-state index in [4.69, 9.17) is 11.6 Å². The molecule has 0 saturated heterocycles. The maximum Gasteiger partial charge on any atom is 0.153 e. The number of halogens is 3. The van der Waals surface area contributed by atoms with Gasteiger partial charge in [-0.05, 0) is 43.1 Å². The number of benzene rings is 1. The Balaban J connectivity index is 1.76. The highest BCUT2D eigenvalue weighted by Crippen LogP contribution is 2.49. The van der Waals surface area contributed by atoms with Crippen LogP contribution in [0.1, 0.15) is 31.5 Å². The van der Waals surface area contributed by atoms with E-state index in [1.165, 1.54) is 31.7 Å². The van der Waals surface area contributed by atoms with Gasteiger partial charge in [0.15, 0.2) is 5.82 Å². The van der Waals surface area contributed by atoms with E-state index >= 15 is 0 Å². The topological polar surface area (TPSA) is 17.8 Å². The lowest BCUT2D eigenvalue weighted by Crippen LogP contribution is -2.18. The number of imidazole rings is 1. The lowest BCUT2D eigenvalue weighted by molar-refractivity contribution is 0.296. The first kappa shape index (κ1) is 13.5. The summed E-state index contributed by atoms with van der Waals surface area (Å²) in [6.45, 7) is 0.780. The van der Waals surface area contributed by atoms with Gasteiger partial charge in [-0.25, -0.2) is 13.8 Å². The second kappa shape index (κ2) is 4.94.